The highest BCUT2D eigenvalue weighted by atomic mass is 32.1. The van der Waals surface area contributed by atoms with E-state index in [-0.39, 0.29) is 0 Å². The maximum atomic E-state index is 5.67. The molecule has 1 aromatic rings. The Balaban J connectivity index is 1.85. The number of hydrogen-bond acceptors (Lipinski definition) is 5. The first-order valence-corrected chi connectivity index (χ1v) is 7.15. The molecule has 0 aliphatic carbocycles. The maximum absolute atomic E-state index is 5.67. The first-order chi connectivity index (χ1) is 9.16. The van der Waals surface area contributed by atoms with Crippen LogP contribution in [0.15, 0.2) is 12.3 Å². The first kappa shape index (κ1) is 14.1. The summed E-state index contributed by atoms with van der Waals surface area (Å²) in [5, 5.41) is 11.2. The normalized spacial score (nSPS) is 17.3. The van der Waals surface area contributed by atoms with Crippen LogP contribution in [0.1, 0.15) is 25.3 Å². The molecule has 1 aromatic heterocycles. The smallest absolute Gasteiger partial charge is 0.158 e. The molecule has 3 N–H and O–H groups in total. The maximum Gasteiger partial charge on any atom is 0.158 e. The van der Waals surface area contributed by atoms with E-state index < -0.39 is 0 Å². The zero-order chi connectivity index (χ0) is 13.7. The Bertz CT molecular complexity index is 431. The van der Waals surface area contributed by atoms with Gasteiger partial charge in [-0.15, -0.1) is 5.10 Å². The van der Waals surface area contributed by atoms with Gasteiger partial charge in [-0.1, -0.05) is 19.1 Å². The fourth-order valence-electron chi connectivity index (χ4n) is 2.40. The monoisotopic (exact) mass is 279 g/mol. The largest absolute Gasteiger partial charge is 0.389 e. The van der Waals surface area contributed by atoms with E-state index >= 15 is 0 Å². The van der Waals surface area contributed by atoms with Crippen LogP contribution in [0.3, 0.4) is 0 Å². The summed E-state index contributed by atoms with van der Waals surface area (Å²) in [7, 11) is 0. The minimum Gasteiger partial charge on any atom is -0.389 e. The molecule has 1 saturated heterocycles. The molecule has 19 heavy (non-hydrogen) atoms. The number of nitrogens with zero attached hydrogens (tertiary/aromatic N) is 3. The number of hydrogen-bond donors (Lipinski definition) is 2. The summed E-state index contributed by atoms with van der Waals surface area (Å²) in [6, 6.07) is 1.79. The Kier molecular flexibility index (Phi) is 5.04. The van der Waals surface area contributed by atoms with Crippen molar-refractivity contribution in [2.75, 3.05) is 31.5 Å². The van der Waals surface area contributed by atoms with Gasteiger partial charge in [-0.3, -0.25) is 0 Å². The van der Waals surface area contributed by atoms with Crippen molar-refractivity contribution in [3.8, 4) is 0 Å². The van der Waals surface area contributed by atoms with Gasteiger partial charge >= 0.3 is 0 Å². The Morgan fingerprint density at radius 3 is 2.95 bits per heavy atom. The molecule has 1 atom stereocenters. The van der Waals surface area contributed by atoms with E-state index in [2.05, 4.69) is 27.3 Å². The number of likely N-dealkylation sites (tertiary alicyclic amines) is 1. The van der Waals surface area contributed by atoms with Gasteiger partial charge in [0.15, 0.2) is 5.82 Å². The van der Waals surface area contributed by atoms with Gasteiger partial charge in [0.2, 0.25) is 0 Å². The van der Waals surface area contributed by atoms with Gasteiger partial charge in [-0.05, 0) is 37.9 Å². The predicted molar refractivity (Wildman–Crippen MR) is 81.2 cm³/mol. The van der Waals surface area contributed by atoms with Crippen molar-refractivity contribution >= 4 is 23.0 Å². The second kappa shape index (κ2) is 6.77. The number of nitrogens with one attached hydrogen (secondary N) is 1. The molecule has 2 rings (SSSR count). The van der Waals surface area contributed by atoms with E-state index in [9.17, 15) is 0 Å². The number of anilines is 1. The summed E-state index contributed by atoms with van der Waals surface area (Å²) >= 11 is 5.01. The average molecular weight is 279 g/mol. The van der Waals surface area contributed by atoms with Crippen LogP contribution in [-0.2, 0) is 0 Å². The van der Waals surface area contributed by atoms with Crippen molar-refractivity contribution in [3.63, 3.8) is 0 Å². The third-order valence-corrected chi connectivity index (χ3v) is 3.59. The molecule has 1 fully saturated rings. The molecule has 0 saturated carbocycles. The van der Waals surface area contributed by atoms with Crippen LogP contribution in [-0.4, -0.2) is 46.3 Å². The van der Waals surface area contributed by atoms with Gasteiger partial charge in [0.1, 0.15) is 4.99 Å². The van der Waals surface area contributed by atoms with E-state index in [1.165, 1.54) is 25.9 Å². The Hall–Kier alpha value is -1.27. The Labute approximate surface area is 119 Å². The molecule has 1 aliphatic rings. The fraction of sp³-hybridized carbons (Fsp3) is 0.615. The van der Waals surface area contributed by atoms with Crippen LogP contribution in [0.25, 0.3) is 0 Å². The van der Waals surface area contributed by atoms with E-state index in [4.69, 9.17) is 18.0 Å². The van der Waals surface area contributed by atoms with Gasteiger partial charge in [0, 0.05) is 13.1 Å². The van der Waals surface area contributed by atoms with Crippen molar-refractivity contribution in [1.82, 2.24) is 15.1 Å². The summed E-state index contributed by atoms with van der Waals surface area (Å²) in [5.41, 5.74) is 6.43. The predicted octanol–water partition coefficient (Wildman–Crippen LogP) is 1.25. The lowest BCUT2D eigenvalue weighted by atomic mass is 10.1. The van der Waals surface area contributed by atoms with Crippen LogP contribution in [0.4, 0.5) is 5.82 Å². The lowest BCUT2D eigenvalue weighted by molar-refractivity contribution is 0.294. The summed E-state index contributed by atoms with van der Waals surface area (Å²) in [5.74, 6) is 1.24. The molecule has 1 unspecified atom stereocenters. The summed E-state index contributed by atoms with van der Waals surface area (Å²) in [4.78, 5) is 2.86. The highest BCUT2D eigenvalue weighted by Crippen LogP contribution is 2.13. The van der Waals surface area contributed by atoms with E-state index in [1.807, 2.05) is 0 Å². The Morgan fingerprint density at radius 1 is 1.53 bits per heavy atom. The average Bonchev–Trinajstić information content (AvgIpc) is 2.89. The molecule has 0 bridgehead atoms. The third kappa shape index (κ3) is 4.11. The number of nitrogens with two attached hydrogens (primary N) is 1. The second-order valence-corrected chi connectivity index (χ2v) is 5.59. The van der Waals surface area contributed by atoms with E-state index in [1.54, 1.807) is 12.3 Å². The van der Waals surface area contributed by atoms with E-state index in [0.29, 0.717) is 16.7 Å². The molecule has 5 nitrogen and oxygen atoms in total. The summed E-state index contributed by atoms with van der Waals surface area (Å²) < 4.78 is 0. The molecule has 2 heterocycles. The lowest BCUT2D eigenvalue weighted by Gasteiger charge is -2.21. The van der Waals surface area contributed by atoms with Crippen molar-refractivity contribution < 1.29 is 0 Å². The number of rotatable bonds is 6. The van der Waals surface area contributed by atoms with Crippen molar-refractivity contribution in [1.29, 1.82) is 0 Å². The SMILES string of the molecule is CC(CNc1nnccc1C(N)=S)CN1CCCC1. The zero-order valence-electron chi connectivity index (χ0n) is 11.3. The molecule has 6 heteroatoms. The summed E-state index contributed by atoms with van der Waals surface area (Å²) in [6.07, 6.45) is 4.26. The molecule has 0 amide bonds. The fourth-order valence-corrected chi connectivity index (χ4v) is 2.57. The van der Waals surface area contributed by atoms with Crippen LogP contribution in [0.5, 0.6) is 0 Å². The lowest BCUT2D eigenvalue weighted by Crippen LogP contribution is -2.29. The first-order valence-electron chi connectivity index (χ1n) is 6.74. The van der Waals surface area contributed by atoms with Gasteiger partial charge in [0.05, 0.1) is 11.8 Å². The van der Waals surface area contributed by atoms with Crippen LogP contribution < -0.4 is 11.1 Å². The highest BCUT2D eigenvalue weighted by Gasteiger charge is 2.15. The summed E-state index contributed by atoms with van der Waals surface area (Å²) in [6.45, 7) is 6.67. The van der Waals surface area contributed by atoms with Gasteiger partial charge < -0.3 is 16.0 Å². The standard InChI is InChI=1S/C13H21N5S/c1-10(9-18-6-2-3-7-18)8-15-13-11(12(14)19)4-5-16-17-13/h4-5,10H,2-3,6-9H2,1H3,(H2,14,19)(H,15,17). The van der Waals surface area contributed by atoms with Crippen LogP contribution >= 0.6 is 12.2 Å². The third-order valence-electron chi connectivity index (χ3n) is 3.37. The molecule has 0 aromatic carbocycles. The topological polar surface area (TPSA) is 67.1 Å². The second-order valence-electron chi connectivity index (χ2n) is 5.15. The van der Waals surface area contributed by atoms with E-state index in [0.717, 1.165) is 18.7 Å². The highest BCUT2D eigenvalue weighted by molar-refractivity contribution is 7.80. The van der Waals surface area contributed by atoms with Crippen LogP contribution in [0.2, 0.25) is 0 Å². The zero-order valence-corrected chi connectivity index (χ0v) is 12.1. The molecular formula is C13H21N5S. The minimum absolute atomic E-state index is 0.351. The Morgan fingerprint density at radius 2 is 2.26 bits per heavy atom. The number of thiocarbonyl (C=S) groups is 1. The molecular weight excluding hydrogens is 258 g/mol. The van der Waals surface area contributed by atoms with Crippen molar-refractivity contribution in [2.45, 2.75) is 19.8 Å². The van der Waals surface area contributed by atoms with Crippen LogP contribution in [0, 0.1) is 5.92 Å². The molecule has 0 radical (unpaired) electrons. The van der Waals surface area contributed by atoms with Gasteiger partial charge in [-0.2, -0.15) is 5.10 Å². The number of aromatic nitrogens is 2. The van der Waals surface area contributed by atoms with Crippen molar-refractivity contribution in [2.24, 2.45) is 11.7 Å². The minimum atomic E-state index is 0.351. The van der Waals surface area contributed by atoms with Crippen molar-refractivity contribution in [3.05, 3.63) is 17.8 Å². The van der Waals surface area contributed by atoms with Gasteiger partial charge in [-0.25, -0.2) is 0 Å². The molecule has 1 aliphatic heterocycles. The molecule has 0 spiro atoms. The van der Waals surface area contributed by atoms with Gasteiger partial charge in [0.25, 0.3) is 0 Å². The quantitative estimate of drug-likeness (QED) is 0.764. The molecule has 104 valence electrons.